The van der Waals surface area contributed by atoms with E-state index in [9.17, 15) is 18.0 Å². The lowest BCUT2D eigenvalue weighted by atomic mass is 10.0. The summed E-state index contributed by atoms with van der Waals surface area (Å²) in [6, 6.07) is 9.63. The molecule has 3 heterocycles. The molecular weight excluding hydrogens is 554 g/mol. The predicted octanol–water partition coefficient (Wildman–Crippen LogP) is 4.12. The molecule has 12 heteroatoms. The first-order valence-electron chi connectivity index (χ1n) is 13.6. The second-order valence-electron chi connectivity index (χ2n) is 9.67. The fourth-order valence-corrected chi connectivity index (χ4v) is 7.93. The Balaban J connectivity index is 1.46. The van der Waals surface area contributed by atoms with Gasteiger partial charge >= 0.3 is 5.97 Å². The maximum atomic E-state index is 13.3. The lowest BCUT2D eigenvalue weighted by Gasteiger charge is -2.34. The Morgan fingerprint density at radius 1 is 1.07 bits per heavy atom. The van der Waals surface area contributed by atoms with Gasteiger partial charge in [0.15, 0.2) is 16.3 Å². The van der Waals surface area contributed by atoms with Crippen LogP contribution in [0.5, 0.6) is 11.5 Å². The highest BCUT2D eigenvalue weighted by Gasteiger charge is 2.32. The first-order chi connectivity index (χ1) is 19.3. The normalized spacial score (nSPS) is 18.1. The Hall–Kier alpha value is -3.22. The lowest BCUT2D eigenvalue weighted by molar-refractivity contribution is -0.143. The van der Waals surface area contributed by atoms with Crippen LogP contribution in [0.4, 0.5) is 0 Å². The Bertz CT molecular complexity index is 1580. The molecular formula is C28H33N3O7S2. The van der Waals surface area contributed by atoms with Crippen LogP contribution in [-0.2, 0) is 26.1 Å². The first-order valence-corrected chi connectivity index (χ1v) is 15.9. The van der Waals surface area contributed by atoms with Gasteiger partial charge in [0.25, 0.3) is 5.91 Å². The molecule has 40 heavy (non-hydrogen) atoms. The van der Waals surface area contributed by atoms with Gasteiger partial charge < -0.3 is 18.8 Å². The highest BCUT2D eigenvalue weighted by molar-refractivity contribution is 7.89. The number of nitrogens with zero attached hydrogens (tertiary/aromatic N) is 3. The molecule has 0 radical (unpaired) electrons. The predicted molar refractivity (Wildman–Crippen MR) is 150 cm³/mol. The van der Waals surface area contributed by atoms with Crippen LogP contribution in [0, 0.1) is 0 Å². The smallest absolute Gasteiger partial charge is 0.307 e. The molecule has 5 rings (SSSR count). The standard InChI is InChI=1S/C28H33N3O7S2/c1-3-20-7-5-6-13-31(20)40(34,35)21-10-8-19(9-11-21)27(33)29-28-30(14-12-26(32)36-4-2)22-17-23-24(18-25(22)39-28)38-16-15-37-23/h8-11,17-18,20H,3-7,12-16H2,1-2H3. The Morgan fingerprint density at radius 2 is 1.80 bits per heavy atom. The summed E-state index contributed by atoms with van der Waals surface area (Å²) in [5, 5.41) is 0. The number of hydrogen-bond acceptors (Lipinski definition) is 8. The van der Waals surface area contributed by atoms with Crippen LogP contribution >= 0.6 is 11.3 Å². The van der Waals surface area contributed by atoms with Crippen molar-refractivity contribution >= 4 is 43.5 Å². The van der Waals surface area contributed by atoms with Gasteiger partial charge in [0, 0.05) is 36.8 Å². The number of sulfonamides is 1. The zero-order valence-corrected chi connectivity index (χ0v) is 24.3. The van der Waals surface area contributed by atoms with E-state index in [2.05, 4.69) is 4.99 Å². The largest absolute Gasteiger partial charge is 0.486 e. The minimum atomic E-state index is -3.66. The average Bonchev–Trinajstić information content (AvgIpc) is 3.30. The number of carbonyl (C=O) groups is 2. The summed E-state index contributed by atoms with van der Waals surface area (Å²) in [6.07, 6.45) is 3.60. The summed E-state index contributed by atoms with van der Waals surface area (Å²) < 4.78 is 47.4. The molecule has 2 aliphatic rings. The van der Waals surface area contributed by atoms with Crippen LogP contribution in [-0.4, -0.2) is 61.6 Å². The number of benzene rings is 2. The van der Waals surface area contributed by atoms with Gasteiger partial charge in [-0.2, -0.15) is 9.30 Å². The van der Waals surface area contributed by atoms with Crippen LogP contribution in [0.25, 0.3) is 10.2 Å². The Labute approximate surface area is 237 Å². The number of hydrogen-bond donors (Lipinski definition) is 0. The van der Waals surface area contributed by atoms with E-state index in [4.69, 9.17) is 14.2 Å². The van der Waals surface area contributed by atoms with Crippen molar-refractivity contribution in [3.63, 3.8) is 0 Å². The minimum absolute atomic E-state index is 0.00506. The van der Waals surface area contributed by atoms with E-state index in [1.165, 1.54) is 35.6 Å². The molecule has 1 unspecified atom stereocenters. The van der Waals surface area contributed by atoms with Crippen LogP contribution in [0.1, 0.15) is 56.3 Å². The number of esters is 1. The zero-order valence-electron chi connectivity index (χ0n) is 22.6. The van der Waals surface area contributed by atoms with Gasteiger partial charge in [-0.1, -0.05) is 24.7 Å². The Morgan fingerprint density at radius 3 is 2.50 bits per heavy atom. The molecule has 1 saturated heterocycles. The van der Waals surface area contributed by atoms with E-state index in [1.54, 1.807) is 15.8 Å². The molecule has 1 aromatic heterocycles. The van der Waals surface area contributed by atoms with Gasteiger partial charge in [-0.05, 0) is 50.5 Å². The molecule has 0 N–H and O–H groups in total. The highest BCUT2D eigenvalue weighted by atomic mass is 32.2. The molecule has 0 saturated carbocycles. The molecule has 0 bridgehead atoms. The highest BCUT2D eigenvalue weighted by Crippen LogP contribution is 2.35. The summed E-state index contributed by atoms with van der Waals surface area (Å²) in [6.45, 7) is 5.69. The topological polar surface area (TPSA) is 117 Å². The van der Waals surface area contributed by atoms with Gasteiger partial charge in [-0.25, -0.2) is 8.42 Å². The molecule has 0 spiro atoms. The van der Waals surface area contributed by atoms with Crippen molar-refractivity contribution in [3.05, 3.63) is 46.8 Å². The molecule has 214 valence electrons. The van der Waals surface area contributed by atoms with E-state index in [0.717, 1.165) is 35.9 Å². The van der Waals surface area contributed by atoms with Gasteiger partial charge in [0.05, 0.1) is 28.1 Å². The number of amides is 1. The number of carbonyl (C=O) groups excluding carboxylic acids is 2. The third kappa shape index (κ3) is 5.79. The maximum absolute atomic E-state index is 13.3. The summed E-state index contributed by atoms with van der Waals surface area (Å²) in [7, 11) is -3.66. The van der Waals surface area contributed by atoms with Gasteiger partial charge in [0.1, 0.15) is 13.2 Å². The van der Waals surface area contributed by atoms with Gasteiger partial charge in [0.2, 0.25) is 10.0 Å². The van der Waals surface area contributed by atoms with Gasteiger partial charge in [-0.15, -0.1) is 0 Å². The third-order valence-corrected chi connectivity index (χ3v) is 10.1. The van der Waals surface area contributed by atoms with E-state index >= 15 is 0 Å². The second-order valence-corrected chi connectivity index (χ2v) is 12.6. The number of aryl methyl sites for hydroxylation is 1. The first kappa shape index (κ1) is 28.3. The monoisotopic (exact) mass is 587 g/mol. The SMILES string of the molecule is CCOC(=O)CCn1c(=NC(=O)c2ccc(S(=O)(=O)N3CCCCC3CC)cc2)sc2cc3c(cc21)OCCO3. The van der Waals surface area contributed by atoms with E-state index in [0.29, 0.717) is 36.1 Å². The van der Waals surface area contributed by atoms with Crippen molar-refractivity contribution in [1.82, 2.24) is 8.87 Å². The lowest BCUT2D eigenvalue weighted by Crippen LogP contribution is -2.43. The van der Waals surface area contributed by atoms with E-state index in [-0.39, 0.29) is 42.0 Å². The van der Waals surface area contributed by atoms with Crippen LogP contribution in [0.15, 0.2) is 46.3 Å². The molecule has 1 amide bonds. The van der Waals surface area contributed by atoms with Crippen LogP contribution < -0.4 is 14.3 Å². The summed E-state index contributed by atoms with van der Waals surface area (Å²) >= 11 is 1.30. The van der Waals surface area contributed by atoms with Gasteiger partial charge in [-0.3, -0.25) is 9.59 Å². The van der Waals surface area contributed by atoms with E-state index in [1.807, 2.05) is 19.1 Å². The quantitative estimate of drug-likeness (QED) is 0.364. The van der Waals surface area contributed by atoms with E-state index < -0.39 is 15.9 Å². The molecule has 1 fully saturated rings. The third-order valence-electron chi connectivity index (χ3n) is 7.14. The number of fused-ring (bicyclic) bond motifs is 2. The van der Waals surface area contributed by atoms with Crippen LogP contribution in [0.2, 0.25) is 0 Å². The zero-order chi connectivity index (χ0) is 28.3. The maximum Gasteiger partial charge on any atom is 0.307 e. The second kappa shape index (κ2) is 12.1. The summed E-state index contributed by atoms with van der Waals surface area (Å²) in [4.78, 5) is 30.3. The summed E-state index contributed by atoms with van der Waals surface area (Å²) in [5.41, 5.74) is 1.03. The number of thiazole rings is 1. The van der Waals surface area contributed by atoms with Crippen molar-refractivity contribution in [1.29, 1.82) is 0 Å². The van der Waals surface area contributed by atoms with Crippen molar-refractivity contribution in [2.75, 3.05) is 26.4 Å². The molecule has 3 aromatic rings. The number of piperidine rings is 1. The molecule has 2 aromatic carbocycles. The van der Waals surface area contributed by atoms with Crippen LogP contribution in [0.3, 0.4) is 0 Å². The van der Waals surface area contributed by atoms with Crippen molar-refractivity contribution < 1.29 is 32.2 Å². The molecule has 10 nitrogen and oxygen atoms in total. The van der Waals surface area contributed by atoms with Crippen molar-refractivity contribution in [3.8, 4) is 11.5 Å². The fourth-order valence-electron chi connectivity index (χ4n) is 5.10. The number of ether oxygens (including phenoxy) is 3. The Kier molecular flexibility index (Phi) is 8.57. The average molecular weight is 588 g/mol. The number of aromatic nitrogens is 1. The van der Waals surface area contributed by atoms with Crippen molar-refractivity contribution in [2.45, 2.75) is 63.4 Å². The van der Waals surface area contributed by atoms with Crippen molar-refractivity contribution in [2.24, 2.45) is 4.99 Å². The minimum Gasteiger partial charge on any atom is -0.486 e. The number of rotatable bonds is 8. The molecule has 0 aliphatic carbocycles. The summed E-state index contributed by atoms with van der Waals surface area (Å²) in [5.74, 6) is 0.350. The molecule has 2 aliphatic heterocycles. The molecule has 1 atom stereocenters. The fraction of sp³-hybridized carbons (Fsp3) is 0.464.